The van der Waals surface area contributed by atoms with Gasteiger partial charge in [-0.05, 0) is 24.6 Å². The average Bonchev–Trinajstić information content (AvgIpc) is 3.28. The molecule has 134 valence electrons. The van der Waals surface area contributed by atoms with Gasteiger partial charge >= 0.3 is 0 Å². The van der Waals surface area contributed by atoms with Crippen LogP contribution < -0.4 is 4.90 Å². The SMILES string of the molecule is Cc1cc(N2C[C@@H](CO)[C@H](c3cnn(C)c3)C2)nc(-c2ccncc2)n1. The number of anilines is 1. The van der Waals surface area contributed by atoms with Crippen molar-refractivity contribution in [3.05, 3.63) is 54.2 Å². The first-order valence-corrected chi connectivity index (χ1v) is 8.74. The summed E-state index contributed by atoms with van der Waals surface area (Å²) in [4.78, 5) is 15.6. The van der Waals surface area contributed by atoms with Crippen LogP contribution in [0.25, 0.3) is 11.4 Å². The van der Waals surface area contributed by atoms with Crippen LogP contribution in [0.15, 0.2) is 43.0 Å². The average molecular weight is 350 g/mol. The zero-order valence-corrected chi connectivity index (χ0v) is 14.9. The fourth-order valence-corrected chi connectivity index (χ4v) is 3.60. The van der Waals surface area contributed by atoms with Gasteiger partial charge in [-0.25, -0.2) is 9.97 Å². The number of aliphatic hydroxyl groups is 1. The highest BCUT2D eigenvalue weighted by Crippen LogP contribution is 2.35. The van der Waals surface area contributed by atoms with Crippen molar-refractivity contribution in [1.82, 2.24) is 24.7 Å². The molecule has 1 N–H and O–H groups in total. The van der Waals surface area contributed by atoms with Gasteiger partial charge in [0.15, 0.2) is 5.82 Å². The van der Waals surface area contributed by atoms with E-state index in [-0.39, 0.29) is 18.4 Å². The lowest BCUT2D eigenvalue weighted by atomic mass is 9.92. The van der Waals surface area contributed by atoms with E-state index >= 15 is 0 Å². The lowest BCUT2D eigenvalue weighted by molar-refractivity contribution is 0.227. The Labute approximate surface area is 152 Å². The van der Waals surface area contributed by atoms with Crippen LogP contribution in [0.5, 0.6) is 0 Å². The Morgan fingerprint density at radius 3 is 2.69 bits per heavy atom. The van der Waals surface area contributed by atoms with E-state index in [9.17, 15) is 5.11 Å². The quantitative estimate of drug-likeness (QED) is 0.773. The van der Waals surface area contributed by atoms with Crippen LogP contribution in [0.1, 0.15) is 17.2 Å². The minimum Gasteiger partial charge on any atom is -0.396 e. The van der Waals surface area contributed by atoms with E-state index in [1.165, 1.54) is 0 Å². The van der Waals surface area contributed by atoms with Crippen molar-refractivity contribution < 1.29 is 5.11 Å². The minimum atomic E-state index is 0.150. The standard InChI is InChI=1S/C19H22N6O/c1-13-7-18(23-19(22-13)14-3-5-20-6-4-14)25-10-16(12-26)17(11-25)15-8-21-24(2)9-15/h3-9,16-17,26H,10-12H2,1-2H3/t16-,17-/m0/s1. The number of aryl methyl sites for hydroxylation is 2. The molecule has 0 spiro atoms. The van der Waals surface area contributed by atoms with E-state index in [1.807, 2.05) is 49.2 Å². The van der Waals surface area contributed by atoms with Gasteiger partial charge in [0.1, 0.15) is 5.82 Å². The number of pyridine rings is 1. The molecule has 1 saturated heterocycles. The Bertz CT molecular complexity index is 894. The second kappa shape index (κ2) is 6.84. The minimum absolute atomic E-state index is 0.150. The molecule has 3 aromatic heterocycles. The Kier molecular flexibility index (Phi) is 4.38. The first-order valence-electron chi connectivity index (χ1n) is 8.74. The van der Waals surface area contributed by atoms with Gasteiger partial charge in [0.05, 0.1) is 6.20 Å². The molecule has 0 amide bonds. The second-order valence-electron chi connectivity index (χ2n) is 6.83. The lowest BCUT2D eigenvalue weighted by Gasteiger charge is -2.18. The molecule has 3 aromatic rings. The number of hydrogen-bond acceptors (Lipinski definition) is 6. The largest absolute Gasteiger partial charge is 0.396 e. The smallest absolute Gasteiger partial charge is 0.161 e. The summed E-state index contributed by atoms with van der Waals surface area (Å²) in [6.45, 7) is 3.71. The molecule has 7 nitrogen and oxygen atoms in total. The highest BCUT2D eigenvalue weighted by molar-refractivity contribution is 5.57. The van der Waals surface area contributed by atoms with E-state index in [1.54, 1.807) is 12.4 Å². The Hall–Kier alpha value is -2.80. The van der Waals surface area contributed by atoms with Crippen LogP contribution in [0, 0.1) is 12.8 Å². The van der Waals surface area contributed by atoms with Gasteiger partial charge < -0.3 is 10.0 Å². The van der Waals surface area contributed by atoms with E-state index in [4.69, 9.17) is 4.98 Å². The molecule has 1 aliphatic heterocycles. The van der Waals surface area contributed by atoms with Gasteiger partial charge in [0.2, 0.25) is 0 Å². The normalized spacial score (nSPS) is 19.9. The third-order valence-electron chi connectivity index (χ3n) is 4.93. The summed E-state index contributed by atoms with van der Waals surface area (Å²) >= 11 is 0. The molecule has 0 bridgehead atoms. The van der Waals surface area contributed by atoms with Crippen molar-refractivity contribution in [2.75, 3.05) is 24.6 Å². The maximum absolute atomic E-state index is 9.86. The van der Waals surface area contributed by atoms with Crippen LogP contribution in [-0.4, -0.2) is 49.5 Å². The predicted octanol–water partition coefficient (Wildman–Crippen LogP) is 1.79. The van der Waals surface area contributed by atoms with Crippen LogP contribution in [0.2, 0.25) is 0 Å². The molecule has 4 rings (SSSR count). The van der Waals surface area contributed by atoms with Crippen molar-refractivity contribution in [2.24, 2.45) is 13.0 Å². The van der Waals surface area contributed by atoms with Gasteiger partial charge in [-0.1, -0.05) is 0 Å². The molecule has 0 aliphatic carbocycles. The molecule has 0 saturated carbocycles. The summed E-state index contributed by atoms with van der Waals surface area (Å²) in [6.07, 6.45) is 7.42. The molecule has 4 heterocycles. The summed E-state index contributed by atoms with van der Waals surface area (Å²) in [7, 11) is 1.92. The number of rotatable bonds is 4. The topological polar surface area (TPSA) is 80.0 Å². The lowest BCUT2D eigenvalue weighted by Crippen LogP contribution is -2.22. The zero-order valence-electron chi connectivity index (χ0n) is 14.9. The molecular formula is C19H22N6O. The van der Waals surface area contributed by atoms with Gasteiger partial charge in [0, 0.05) is 74.5 Å². The number of aromatic nitrogens is 5. The Morgan fingerprint density at radius 2 is 2.00 bits per heavy atom. The van der Waals surface area contributed by atoms with Crippen LogP contribution in [0.3, 0.4) is 0 Å². The third kappa shape index (κ3) is 3.17. The van der Waals surface area contributed by atoms with Crippen molar-refractivity contribution >= 4 is 5.82 Å². The summed E-state index contributed by atoms with van der Waals surface area (Å²) < 4.78 is 1.81. The van der Waals surface area contributed by atoms with Gasteiger partial charge in [0.25, 0.3) is 0 Å². The van der Waals surface area contributed by atoms with E-state index in [0.717, 1.165) is 35.7 Å². The summed E-state index contributed by atoms with van der Waals surface area (Å²) in [5.41, 5.74) is 3.04. The molecule has 0 aromatic carbocycles. The first kappa shape index (κ1) is 16.7. The first-order chi connectivity index (χ1) is 12.6. The molecule has 2 atom stereocenters. The number of nitrogens with zero attached hydrogens (tertiary/aromatic N) is 6. The summed E-state index contributed by atoms with van der Waals surface area (Å²) in [6, 6.07) is 5.83. The monoisotopic (exact) mass is 350 g/mol. The molecule has 26 heavy (non-hydrogen) atoms. The number of hydrogen-bond donors (Lipinski definition) is 1. The van der Waals surface area contributed by atoms with Crippen LogP contribution >= 0.6 is 0 Å². The van der Waals surface area contributed by atoms with E-state index in [0.29, 0.717) is 5.82 Å². The van der Waals surface area contributed by atoms with Crippen molar-refractivity contribution in [2.45, 2.75) is 12.8 Å². The van der Waals surface area contributed by atoms with Gasteiger partial charge in [-0.2, -0.15) is 5.10 Å². The maximum Gasteiger partial charge on any atom is 0.161 e. The van der Waals surface area contributed by atoms with Gasteiger partial charge in [-0.3, -0.25) is 9.67 Å². The predicted molar refractivity (Wildman–Crippen MR) is 98.7 cm³/mol. The van der Waals surface area contributed by atoms with Crippen LogP contribution in [-0.2, 0) is 7.05 Å². The summed E-state index contributed by atoms with van der Waals surface area (Å²) in [5, 5.41) is 14.1. The van der Waals surface area contributed by atoms with Crippen molar-refractivity contribution in [1.29, 1.82) is 0 Å². The second-order valence-corrected chi connectivity index (χ2v) is 6.83. The van der Waals surface area contributed by atoms with Crippen LogP contribution in [0.4, 0.5) is 5.82 Å². The Balaban J connectivity index is 1.64. The fourth-order valence-electron chi connectivity index (χ4n) is 3.60. The summed E-state index contributed by atoms with van der Waals surface area (Å²) in [5.74, 6) is 2.01. The van der Waals surface area contributed by atoms with Crippen molar-refractivity contribution in [3.8, 4) is 11.4 Å². The molecular weight excluding hydrogens is 328 g/mol. The zero-order chi connectivity index (χ0) is 18.1. The molecule has 1 aliphatic rings. The van der Waals surface area contributed by atoms with Gasteiger partial charge in [-0.15, -0.1) is 0 Å². The molecule has 0 unspecified atom stereocenters. The molecule has 1 fully saturated rings. The highest BCUT2D eigenvalue weighted by atomic mass is 16.3. The third-order valence-corrected chi connectivity index (χ3v) is 4.93. The maximum atomic E-state index is 9.86. The number of aliphatic hydroxyl groups excluding tert-OH is 1. The van der Waals surface area contributed by atoms with Crippen molar-refractivity contribution in [3.63, 3.8) is 0 Å². The highest BCUT2D eigenvalue weighted by Gasteiger charge is 2.35. The Morgan fingerprint density at radius 1 is 1.19 bits per heavy atom. The molecule has 7 heteroatoms. The van der Waals surface area contributed by atoms with E-state index < -0.39 is 0 Å². The van der Waals surface area contributed by atoms with E-state index in [2.05, 4.69) is 20.0 Å². The fraction of sp³-hybridized carbons (Fsp3) is 0.368. The molecule has 0 radical (unpaired) electrons.